The normalized spacial score (nSPS) is 17.7. The smallest absolute Gasteiger partial charge is 0.240 e. The van der Waals surface area contributed by atoms with Gasteiger partial charge in [-0.3, -0.25) is 4.90 Å². The number of benzene rings is 1. The van der Waals surface area contributed by atoms with Gasteiger partial charge in [0.1, 0.15) is 5.75 Å². The summed E-state index contributed by atoms with van der Waals surface area (Å²) in [7, 11) is 0.114. The van der Waals surface area contributed by atoms with Crippen molar-refractivity contribution in [2.45, 2.75) is 17.9 Å². The van der Waals surface area contributed by atoms with E-state index in [-0.39, 0.29) is 10.9 Å². The van der Waals surface area contributed by atoms with Crippen LogP contribution in [0.15, 0.2) is 39.9 Å². The largest absolute Gasteiger partial charge is 0.496 e. The highest BCUT2D eigenvalue weighted by Crippen LogP contribution is 2.25. The van der Waals surface area contributed by atoms with E-state index in [9.17, 15) is 8.42 Å². The minimum atomic E-state index is -3.58. The highest BCUT2D eigenvalue weighted by Gasteiger charge is 2.26. The van der Waals surface area contributed by atoms with E-state index in [4.69, 9.17) is 4.74 Å². The van der Waals surface area contributed by atoms with Gasteiger partial charge in [0.2, 0.25) is 10.0 Å². The molecule has 1 aromatic carbocycles. The fourth-order valence-corrected chi connectivity index (χ4v) is 5.18. The average Bonchev–Trinajstić information content (AvgIpc) is 3.17. The first kappa shape index (κ1) is 20.3. The van der Waals surface area contributed by atoms with Crippen LogP contribution in [-0.2, 0) is 10.0 Å². The molecule has 3 rings (SSSR count). The second-order valence-electron chi connectivity index (χ2n) is 6.90. The molecule has 0 saturated carbocycles. The lowest BCUT2D eigenvalue weighted by Gasteiger charge is -2.37. The molecule has 1 aliphatic rings. The van der Waals surface area contributed by atoms with Gasteiger partial charge in [-0.1, -0.05) is 0 Å². The van der Waals surface area contributed by atoms with E-state index < -0.39 is 10.0 Å². The zero-order valence-corrected chi connectivity index (χ0v) is 17.6. The maximum Gasteiger partial charge on any atom is 0.240 e. The maximum atomic E-state index is 12.8. The summed E-state index contributed by atoms with van der Waals surface area (Å²) in [5, 5.41) is 4.15. The Balaban J connectivity index is 1.75. The van der Waals surface area contributed by atoms with Crippen LogP contribution in [-0.4, -0.2) is 65.1 Å². The summed E-state index contributed by atoms with van der Waals surface area (Å²) in [5.41, 5.74) is 1.96. The van der Waals surface area contributed by atoms with Crippen LogP contribution >= 0.6 is 11.3 Å². The van der Waals surface area contributed by atoms with E-state index in [2.05, 4.69) is 33.0 Å². The molecular formula is C19H27N3O3S2. The van der Waals surface area contributed by atoms with Crippen molar-refractivity contribution < 1.29 is 13.2 Å². The van der Waals surface area contributed by atoms with Crippen molar-refractivity contribution in [1.82, 2.24) is 14.5 Å². The Morgan fingerprint density at radius 1 is 1.22 bits per heavy atom. The third-order valence-corrected chi connectivity index (χ3v) is 7.17. The number of likely N-dealkylation sites (N-methyl/N-ethyl adjacent to an activating group) is 1. The number of hydrogen-bond donors (Lipinski definition) is 1. The van der Waals surface area contributed by atoms with Crippen LogP contribution in [0.4, 0.5) is 0 Å². The zero-order chi connectivity index (χ0) is 19.4. The molecule has 0 bridgehead atoms. The maximum absolute atomic E-state index is 12.8. The predicted molar refractivity (Wildman–Crippen MR) is 109 cm³/mol. The Morgan fingerprint density at radius 2 is 1.96 bits per heavy atom. The summed E-state index contributed by atoms with van der Waals surface area (Å²) in [6, 6.07) is 7.06. The number of aryl methyl sites for hydroxylation is 1. The van der Waals surface area contributed by atoms with E-state index in [1.165, 1.54) is 0 Å². The fourth-order valence-electron chi connectivity index (χ4n) is 3.35. The summed E-state index contributed by atoms with van der Waals surface area (Å²) in [5.74, 6) is 0.683. The molecule has 0 spiro atoms. The summed E-state index contributed by atoms with van der Waals surface area (Å²) >= 11 is 1.64. The van der Waals surface area contributed by atoms with Gasteiger partial charge in [0.15, 0.2) is 0 Å². The van der Waals surface area contributed by atoms with Gasteiger partial charge in [-0.2, -0.15) is 11.3 Å². The number of thiophene rings is 1. The number of nitrogens with one attached hydrogen (secondary N) is 1. The lowest BCUT2D eigenvalue weighted by molar-refractivity contribution is 0.113. The molecular weight excluding hydrogens is 382 g/mol. The molecule has 1 fully saturated rings. The van der Waals surface area contributed by atoms with Crippen LogP contribution < -0.4 is 9.46 Å². The Morgan fingerprint density at radius 3 is 2.56 bits per heavy atom. The van der Waals surface area contributed by atoms with Gasteiger partial charge in [-0.05, 0) is 60.1 Å². The summed E-state index contributed by atoms with van der Waals surface area (Å²) in [6.45, 7) is 6.04. The number of ether oxygens (including phenoxy) is 1. The summed E-state index contributed by atoms with van der Waals surface area (Å²) in [6.07, 6.45) is 0. The summed E-state index contributed by atoms with van der Waals surface area (Å²) < 4.78 is 33.7. The van der Waals surface area contributed by atoms with Crippen molar-refractivity contribution in [2.75, 3.05) is 46.9 Å². The molecule has 2 aromatic rings. The van der Waals surface area contributed by atoms with E-state index in [1.54, 1.807) is 36.6 Å². The molecule has 1 N–H and O–H groups in total. The quantitative estimate of drug-likeness (QED) is 0.761. The highest BCUT2D eigenvalue weighted by atomic mass is 32.2. The Hall–Kier alpha value is -1.45. The molecule has 0 amide bonds. The Kier molecular flexibility index (Phi) is 6.54. The lowest BCUT2D eigenvalue weighted by Crippen LogP contribution is -2.48. The molecule has 8 heteroatoms. The minimum Gasteiger partial charge on any atom is -0.496 e. The van der Waals surface area contributed by atoms with Crippen LogP contribution in [0.1, 0.15) is 17.2 Å². The van der Waals surface area contributed by atoms with Gasteiger partial charge in [-0.25, -0.2) is 13.1 Å². The van der Waals surface area contributed by atoms with Crippen LogP contribution in [0, 0.1) is 6.92 Å². The van der Waals surface area contributed by atoms with E-state index in [1.807, 2.05) is 12.3 Å². The SMILES string of the molecule is COc1ccc(S(=O)(=O)NC[C@H](c2ccsc2)N2CCN(C)CC2)cc1C. The molecule has 1 aromatic heterocycles. The topological polar surface area (TPSA) is 61.9 Å². The van der Waals surface area contributed by atoms with E-state index >= 15 is 0 Å². The van der Waals surface area contributed by atoms with E-state index in [0.29, 0.717) is 12.3 Å². The number of hydrogen-bond acceptors (Lipinski definition) is 6. The van der Waals surface area contributed by atoms with E-state index in [0.717, 1.165) is 37.3 Å². The van der Waals surface area contributed by atoms with Gasteiger partial charge in [0.05, 0.1) is 12.0 Å². The number of nitrogens with zero attached hydrogens (tertiary/aromatic N) is 2. The van der Waals surface area contributed by atoms with Crippen molar-refractivity contribution in [2.24, 2.45) is 0 Å². The van der Waals surface area contributed by atoms with Crippen molar-refractivity contribution in [3.63, 3.8) is 0 Å². The van der Waals surface area contributed by atoms with Crippen LogP contribution in [0.5, 0.6) is 5.75 Å². The van der Waals surface area contributed by atoms with Crippen molar-refractivity contribution in [3.8, 4) is 5.75 Å². The van der Waals surface area contributed by atoms with Crippen molar-refractivity contribution in [1.29, 1.82) is 0 Å². The highest BCUT2D eigenvalue weighted by molar-refractivity contribution is 7.89. The van der Waals surface area contributed by atoms with Crippen LogP contribution in [0.3, 0.4) is 0 Å². The molecule has 2 heterocycles. The monoisotopic (exact) mass is 409 g/mol. The first-order chi connectivity index (χ1) is 12.9. The summed E-state index contributed by atoms with van der Waals surface area (Å²) in [4.78, 5) is 4.93. The molecule has 0 aliphatic carbocycles. The van der Waals surface area contributed by atoms with Gasteiger partial charge in [0.25, 0.3) is 0 Å². The Labute approximate surface area is 165 Å². The van der Waals surface area contributed by atoms with Gasteiger partial charge in [0, 0.05) is 38.8 Å². The number of sulfonamides is 1. The Bertz CT molecular complexity index is 845. The average molecular weight is 410 g/mol. The molecule has 1 saturated heterocycles. The molecule has 0 radical (unpaired) electrons. The van der Waals surface area contributed by atoms with Crippen molar-refractivity contribution in [3.05, 3.63) is 46.2 Å². The first-order valence-electron chi connectivity index (χ1n) is 8.99. The third-order valence-electron chi connectivity index (χ3n) is 5.05. The molecule has 1 aliphatic heterocycles. The predicted octanol–water partition coefficient (Wildman–Crippen LogP) is 2.33. The van der Waals surface area contributed by atoms with Gasteiger partial charge < -0.3 is 9.64 Å². The first-order valence-corrected chi connectivity index (χ1v) is 11.4. The lowest BCUT2D eigenvalue weighted by atomic mass is 10.1. The van der Waals surface area contributed by atoms with Crippen LogP contribution in [0.2, 0.25) is 0 Å². The number of methoxy groups -OCH3 is 1. The third kappa shape index (κ3) is 4.89. The molecule has 1 atom stereocenters. The number of piperazine rings is 1. The second kappa shape index (κ2) is 8.70. The molecule has 0 unspecified atom stereocenters. The zero-order valence-electron chi connectivity index (χ0n) is 16.0. The number of rotatable bonds is 7. The van der Waals surface area contributed by atoms with Gasteiger partial charge >= 0.3 is 0 Å². The van der Waals surface area contributed by atoms with Crippen molar-refractivity contribution >= 4 is 21.4 Å². The minimum absolute atomic E-state index is 0.0408. The molecule has 27 heavy (non-hydrogen) atoms. The standard InChI is InChI=1S/C19H27N3O3S2/c1-15-12-17(4-5-19(15)25-3)27(23,24)20-13-18(16-6-11-26-14-16)22-9-7-21(2)8-10-22/h4-6,11-12,14,18,20H,7-10,13H2,1-3H3/t18-/m1/s1. The second-order valence-corrected chi connectivity index (χ2v) is 9.44. The fraction of sp³-hybridized carbons (Fsp3) is 0.474. The molecule has 6 nitrogen and oxygen atoms in total. The molecule has 148 valence electrons. The van der Waals surface area contributed by atoms with Gasteiger partial charge in [-0.15, -0.1) is 0 Å². The van der Waals surface area contributed by atoms with Crippen LogP contribution in [0.25, 0.3) is 0 Å².